The number of aromatic nitrogens is 2. The van der Waals surface area contributed by atoms with E-state index in [9.17, 15) is 14.9 Å². The highest BCUT2D eigenvalue weighted by Crippen LogP contribution is 2.32. The van der Waals surface area contributed by atoms with Crippen LogP contribution in [0.15, 0.2) is 57.7 Å². The third kappa shape index (κ3) is 3.80. The average molecular weight is 416 g/mol. The van der Waals surface area contributed by atoms with Crippen LogP contribution in [-0.2, 0) is 6.54 Å². The summed E-state index contributed by atoms with van der Waals surface area (Å²) >= 11 is 3.32. The van der Waals surface area contributed by atoms with E-state index in [1.165, 1.54) is 24.4 Å². The lowest BCUT2D eigenvalue weighted by molar-refractivity contribution is -0.384. The lowest BCUT2D eigenvalue weighted by Crippen LogP contribution is -1.94. The van der Waals surface area contributed by atoms with Gasteiger partial charge in [0.15, 0.2) is 5.78 Å². The molecule has 7 nitrogen and oxygen atoms in total. The van der Waals surface area contributed by atoms with Crippen molar-refractivity contribution in [3.05, 3.63) is 74.7 Å². The molecule has 0 atom stereocenters. The van der Waals surface area contributed by atoms with Gasteiger partial charge in [-0.15, -0.1) is 0 Å². The van der Waals surface area contributed by atoms with Crippen molar-refractivity contribution in [3.8, 4) is 11.3 Å². The zero-order chi connectivity index (χ0) is 18.7. The fourth-order valence-corrected chi connectivity index (χ4v) is 2.88. The summed E-state index contributed by atoms with van der Waals surface area (Å²) in [7, 11) is 0. The molecule has 1 aromatic carbocycles. The lowest BCUT2D eigenvalue weighted by Gasteiger charge is -2.00. The molecule has 0 radical (unpaired) electrons. The largest absolute Gasteiger partial charge is 0.457 e. The number of ketones is 1. The van der Waals surface area contributed by atoms with Gasteiger partial charge in [-0.3, -0.25) is 19.6 Å². The summed E-state index contributed by atoms with van der Waals surface area (Å²) in [4.78, 5) is 22.5. The van der Waals surface area contributed by atoms with E-state index in [0.717, 1.165) is 0 Å². The summed E-state index contributed by atoms with van der Waals surface area (Å²) in [5, 5.41) is 14.9. The number of carbonyl (C=O) groups is 1. The number of nitrogens with zero attached hydrogens (tertiary/aromatic N) is 3. The third-order valence-corrected chi connectivity index (χ3v) is 4.35. The van der Waals surface area contributed by atoms with Crippen molar-refractivity contribution < 1.29 is 14.1 Å². The molecule has 2 aromatic heterocycles. The topological polar surface area (TPSA) is 91.2 Å². The minimum Gasteiger partial charge on any atom is -0.457 e. The fourth-order valence-electron chi connectivity index (χ4n) is 2.32. The number of benzene rings is 1. The van der Waals surface area contributed by atoms with Crippen LogP contribution in [0.1, 0.15) is 23.0 Å². The Kier molecular flexibility index (Phi) is 5.13. The molecule has 0 aliphatic rings. The van der Waals surface area contributed by atoms with Crippen LogP contribution < -0.4 is 0 Å². The molecule has 0 spiro atoms. The highest BCUT2D eigenvalue weighted by Gasteiger charge is 2.13. The molecular weight excluding hydrogens is 402 g/mol. The van der Waals surface area contributed by atoms with Gasteiger partial charge in [0, 0.05) is 34.9 Å². The molecule has 0 N–H and O–H groups in total. The van der Waals surface area contributed by atoms with Gasteiger partial charge in [0.2, 0.25) is 0 Å². The Labute approximate surface area is 157 Å². The standard InChI is InChI=1S/C18H14BrN3O4/c1-2-21-11-12(10-20-21)17(23)7-4-14-5-8-18(26-14)15-6-3-13(22(24)25)9-16(15)19/h3-11H,2H2,1H3/b7-4+. The van der Waals surface area contributed by atoms with E-state index in [4.69, 9.17) is 4.42 Å². The maximum absolute atomic E-state index is 12.1. The van der Waals surface area contributed by atoms with Gasteiger partial charge in [-0.1, -0.05) is 0 Å². The van der Waals surface area contributed by atoms with Gasteiger partial charge in [-0.2, -0.15) is 5.10 Å². The Morgan fingerprint density at radius 2 is 2.19 bits per heavy atom. The van der Waals surface area contributed by atoms with Gasteiger partial charge >= 0.3 is 0 Å². The number of carbonyl (C=O) groups excluding carboxylic acids is 1. The molecule has 0 bridgehead atoms. The number of aryl methyl sites for hydroxylation is 1. The SMILES string of the molecule is CCn1cc(C(=O)/C=C/c2ccc(-c3ccc([N+](=O)[O-])cc3Br)o2)cn1. The van der Waals surface area contributed by atoms with Crippen LogP contribution in [0.5, 0.6) is 0 Å². The summed E-state index contributed by atoms with van der Waals surface area (Å²) in [6.07, 6.45) is 6.21. The number of nitro groups is 1. The number of halogens is 1. The fraction of sp³-hybridized carbons (Fsp3) is 0.111. The van der Waals surface area contributed by atoms with Gasteiger partial charge in [-0.05, 0) is 53.2 Å². The average Bonchev–Trinajstić information content (AvgIpc) is 3.29. The highest BCUT2D eigenvalue weighted by atomic mass is 79.9. The Balaban J connectivity index is 1.77. The molecule has 8 heteroatoms. The van der Waals surface area contributed by atoms with E-state index in [-0.39, 0.29) is 11.5 Å². The molecular formula is C18H14BrN3O4. The Morgan fingerprint density at radius 3 is 2.85 bits per heavy atom. The maximum Gasteiger partial charge on any atom is 0.270 e. The lowest BCUT2D eigenvalue weighted by atomic mass is 10.1. The summed E-state index contributed by atoms with van der Waals surface area (Å²) in [5.74, 6) is 0.873. The van der Waals surface area contributed by atoms with E-state index in [0.29, 0.717) is 33.7 Å². The minimum atomic E-state index is -0.461. The van der Waals surface area contributed by atoms with E-state index >= 15 is 0 Å². The van der Waals surface area contributed by atoms with E-state index < -0.39 is 4.92 Å². The summed E-state index contributed by atoms with van der Waals surface area (Å²) < 4.78 is 7.94. The maximum atomic E-state index is 12.1. The second kappa shape index (κ2) is 7.49. The normalized spacial score (nSPS) is 11.2. The number of rotatable bonds is 6. The van der Waals surface area contributed by atoms with Crippen molar-refractivity contribution in [2.45, 2.75) is 13.5 Å². The number of hydrogen-bond donors (Lipinski definition) is 0. The van der Waals surface area contributed by atoms with Crippen LogP contribution in [0.4, 0.5) is 5.69 Å². The van der Waals surface area contributed by atoms with E-state index in [1.807, 2.05) is 6.92 Å². The van der Waals surface area contributed by atoms with Crippen LogP contribution in [-0.4, -0.2) is 20.5 Å². The summed E-state index contributed by atoms with van der Waals surface area (Å²) in [6.45, 7) is 2.64. The van der Waals surface area contributed by atoms with Gasteiger partial charge in [0.25, 0.3) is 5.69 Å². The van der Waals surface area contributed by atoms with Gasteiger partial charge in [-0.25, -0.2) is 0 Å². The van der Waals surface area contributed by atoms with Crippen molar-refractivity contribution in [2.75, 3.05) is 0 Å². The Bertz CT molecular complexity index is 1000. The zero-order valence-electron chi connectivity index (χ0n) is 13.8. The van der Waals surface area contributed by atoms with Gasteiger partial charge < -0.3 is 4.42 Å². The van der Waals surface area contributed by atoms with E-state index in [2.05, 4.69) is 21.0 Å². The second-order valence-electron chi connectivity index (χ2n) is 5.41. The van der Waals surface area contributed by atoms with Crippen LogP contribution in [0.3, 0.4) is 0 Å². The monoisotopic (exact) mass is 415 g/mol. The predicted octanol–water partition coefficient (Wildman–Crippen LogP) is 4.73. The van der Waals surface area contributed by atoms with Crippen molar-refractivity contribution in [1.82, 2.24) is 9.78 Å². The van der Waals surface area contributed by atoms with Gasteiger partial charge in [0.05, 0.1) is 16.7 Å². The number of hydrogen-bond acceptors (Lipinski definition) is 5. The second-order valence-corrected chi connectivity index (χ2v) is 6.26. The molecule has 132 valence electrons. The van der Waals surface area contributed by atoms with Crippen molar-refractivity contribution >= 4 is 33.5 Å². The zero-order valence-corrected chi connectivity index (χ0v) is 15.3. The molecule has 3 aromatic rings. The first-order valence-electron chi connectivity index (χ1n) is 7.77. The molecule has 2 heterocycles. The number of nitro benzene ring substituents is 1. The molecule has 0 aliphatic carbocycles. The van der Waals surface area contributed by atoms with Crippen molar-refractivity contribution in [1.29, 1.82) is 0 Å². The first-order valence-corrected chi connectivity index (χ1v) is 8.56. The predicted molar refractivity (Wildman–Crippen MR) is 99.8 cm³/mol. The number of allylic oxidation sites excluding steroid dienone is 1. The first kappa shape index (κ1) is 17.8. The Morgan fingerprint density at radius 1 is 1.38 bits per heavy atom. The van der Waals surface area contributed by atoms with Crippen LogP contribution in [0.2, 0.25) is 0 Å². The molecule has 26 heavy (non-hydrogen) atoms. The Hall–Kier alpha value is -3.00. The minimum absolute atomic E-state index is 0.00878. The number of furan rings is 1. The molecule has 0 saturated heterocycles. The van der Waals surface area contributed by atoms with Gasteiger partial charge in [0.1, 0.15) is 11.5 Å². The van der Waals surface area contributed by atoms with E-state index in [1.54, 1.807) is 35.2 Å². The van der Waals surface area contributed by atoms with Crippen LogP contribution in [0, 0.1) is 10.1 Å². The summed E-state index contributed by atoms with van der Waals surface area (Å²) in [5.41, 5.74) is 1.18. The molecule has 0 amide bonds. The quantitative estimate of drug-likeness (QED) is 0.251. The van der Waals surface area contributed by atoms with Crippen molar-refractivity contribution in [2.24, 2.45) is 0 Å². The molecule has 3 rings (SSSR count). The molecule has 0 unspecified atom stereocenters. The number of non-ortho nitro benzene ring substituents is 1. The van der Waals surface area contributed by atoms with Crippen LogP contribution >= 0.6 is 15.9 Å². The van der Waals surface area contributed by atoms with Crippen molar-refractivity contribution in [3.63, 3.8) is 0 Å². The summed E-state index contributed by atoms with van der Waals surface area (Å²) in [6, 6.07) is 7.90. The highest BCUT2D eigenvalue weighted by molar-refractivity contribution is 9.10. The molecule has 0 fully saturated rings. The smallest absolute Gasteiger partial charge is 0.270 e. The van der Waals surface area contributed by atoms with Crippen LogP contribution in [0.25, 0.3) is 17.4 Å². The third-order valence-electron chi connectivity index (χ3n) is 3.70. The molecule has 0 saturated carbocycles. The molecule has 0 aliphatic heterocycles. The first-order chi connectivity index (χ1) is 12.5.